The molecule has 2 rings (SSSR count). The number of nitrogens with one attached hydrogen (secondary N) is 1. The molecule has 1 amide bonds. The highest BCUT2D eigenvalue weighted by Crippen LogP contribution is 2.14. The van der Waals surface area contributed by atoms with Crippen molar-refractivity contribution in [2.45, 2.75) is 20.0 Å². The van der Waals surface area contributed by atoms with Crippen LogP contribution in [-0.2, 0) is 9.53 Å². The minimum Gasteiger partial charge on any atom is -0.494 e. The lowest BCUT2D eigenvalue weighted by molar-refractivity contribution is -0.145. The highest BCUT2D eigenvalue weighted by atomic mass is 16.5. The summed E-state index contributed by atoms with van der Waals surface area (Å²) in [5.74, 6) is -0.720. The maximum Gasteiger partial charge on any atom is 0.326 e. The van der Waals surface area contributed by atoms with Gasteiger partial charge in [0.25, 0.3) is 5.91 Å². The van der Waals surface area contributed by atoms with Crippen LogP contribution in [0.4, 0.5) is 0 Å². The number of esters is 1. The van der Waals surface area contributed by atoms with Crippen molar-refractivity contribution in [3.05, 3.63) is 65.7 Å². The van der Waals surface area contributed by atoms with E-state index in [1.807, 2.05) is 6.92 Å². The maximum absolute atomic E-state index is 12.3. The molecule has 0 spiro atoms. The summed E-state index contributed by atoms with van der Waals surface area (Å²) in [6.45, 7) is 3.59. The molecule has 6 heteroatoms. The highest BCUT2D eigenvalue weighted by Gasteiger charge is 2.20. The summed E-state index contributed by atoms with van der Waals surface area (Å²) in [6, 6.07) is 15.1. The SMILES string of the molecule is CCOc1ccc(C(=O)[C@@H](C)OC(=O)CNC(=O)c2ccccc2)cc1. The Morgan fingerprint density at radius 2 is 1.62 bits per heavy atom. The molecule has 0 aliphatic heterocycles. The monoisotopic (exact) mass is 355 g/mol. The van der Waals surface area contributed by atoms with Crippen molar-refractivity contribution >= 4 is 17.7 Å². The van der Waals surface area contributed by atoms with Crippen LogP contribution in [0.5, 0.6) is 5.75 Å². The molecule has 2 aromatic rings. The molecule has 6 nitrogen and oxygen atoms in total. The van der Waals surface area contributed by atoms with Gasteiger partial charge in [-0.2, -0.15) is 0 Å². The molecule has 0 heterocycles. The van der Waals surface area contributed by atoms with E-state index in [2.05, 4.69) is 5.32 Å². The summed E-state index contributed by atoms with van der Waals surface area (Å²) in [7, 11) is 0. The van der Waals surface area contributed by atoms with Crippen molar-refractivity contribution in [1.82, 2.24) is 5.32 Å². The summed E-state index contributed by atoms with van der Waals surface area (Å²) >= 11 is 0. The van der Waals surface area contributed by atoms with Crippen LogP contribution in [0.15, 0.2) is 54.6 Å². The molecule has 0 aliphatic rings. The van der Waals surface area contributed by atoms with Gasteiger partial charge in [-0.1, -0.05) is 18.2 Å². The fourth-order valence-corrected chi connectivity index (χ4v) is 2.25. The van der Waals surface area contributed by atoms with Gasteiger partial charge in [0.1, 0.15) is 12.3 Å². The number of ketones is 1. The van der Waals surface area contributed by atoms with Gasteiger partial charge in [-0.3, -0.25) is 14.4 Å². The summed E-state index contributed by atoms with van der Waals surface area (Å²) in [6.07, 6.45) is -0.950. The molecule has 0 aliphatic carbocycles. The number of rotatable bonds is 8. The molecule has 0 saturated heterocycles. The Balaban J connectivity index is 1.84. The zero-order chi connectivity index (χ0) is 18.9. The first-order valence-electron chi connectivity index (χ1n) is 8.31. The van der Waals surface area contributed by atoms with Crippen LogP contribution in [-0.4, -0.2) is 36.9 Å². The smallest absolute Gasteiger partial charge is 0.326 e. The van der Waals surface area contributed by atoms with Gasteiger partial charge < -0.3 is 14.8 Å². The van der Waals surface area contributed by atoms with Crippen molar-refractivity contribution in [3.8, 4) is 5.75 Å². The zero-order valence-electron chi connectivity index (χ0n) is 14.7. The lowest BCUT2D eigenvalue weighted by Crippen LogP contribution is -2.34. The molecular formula is C20H21NO5. The normalized spacial score (nSPS) is 11.3. The Morgan fingerprint density at radius 1 is 0.962 bits per heavy atom. The molecule has 0 aromatic heterocycles. The first-order chi connectivity index (χ1) is 12.5. The van der Waals surface area contributed by atoms with E-state index in [1.54, 1.807) is 54.6 Å². The van der Waals surface area contributed by atoms with Gasteiger partial charge in [-0.05, 0) is 50.2 Å². The van der Waals surface area contributed by atoms with E-state index in [0.717, 1.165) is 0 Å². The van der Waals surface area contributed by atoms with Crippen LogP contribution in [0.1, 0.15) is 34.6 Å². The van der Waals surface area contributed by atoms with Gasteiger partial charge >= 0.3 is 5.97 Å². The number of hydrogen-bond donors (Lipinski definition) is 1. The van der Waals surface area contributed by atoms with Crippen LogP contribution in [0.25, 0.3) is 0 Å². The summed E-state index contributed by atoms with van der Waals surface area (Å²) in [5.41, 5.74) is 0.862. The molecule has 0 saturated carbocycles. The number of amides is 1. The molecule has 2 aromatic carbocycles. The van der Waals surface area contributed by atoms with E-state index in [-0.39, 0.29) is 18.2 Å². The fourth-order valence-electron chi connectivity index (χ4n) is 2.25. The van der Waals surface area contributed by atoms with Gasteiger partial charge in [0.15, 0.2) is 6.10 Å². The summed E-state index contributed by atoms with van der Waals surface area (Å²) in [5, 5.41) is 2.46. The zero-order valence-corrected chi connectivity index (χ0v) is 14.7. The average molecular weight is 355 g/mol. The van der Waals surface area contributed by atoms with E-state index in [0.29, 0.717) is 23.5 Å². The average Bonchev–Trinajstić information content (AvgIpc) is 2.67. The first kappa shape index (κ1) is 19.2. The topological polar surface area (TPSA) is 81.7 Å². The largest absolute Gasteiger partial charge is 0.494 e. The van der Waals surface area contributed by atoms with Crippen molar-refractivity contribution in [2.75, 3.05) is 13.2 Å². The van der Waals surface area contributed by atoms with Crippen molar-refractivity contribution in [1.29, 1.82) is 0 Å². The highest BCUT2D eigenvalue weighted by molar-refractivity contribution is 6.00. The van der Waals surface area contributed by atoms with E-state index >= 15 is 0 Å². The Kier molecular flexibility index (Phi) is 6.91. The molecule has 0 bridgehead atoms. The predicted octanol–water partition coefficient (Wildman–Crippen LogP) is 2.63. The van der Waals surface area contributed by atoms with Crippen LogP contribution in [0.3, 0.4) is 0 Å². The van der Waals surface area contributed by atoms with E-state index < -0.39 is 12.1 Å². The Hall–Kier alpha value is -3.15. The molecule has 0 unspecified atom stereocenters. The molecule has 1 N–H and O–H groups in total. The van der Waals surface area contributed by atoms with E-state index in [1.165, 1.54) is 6.92 Å². The van der Waals surface area contributed by atoms with E-state index in [4.69, 9.17) is 9.47 Å². The number of ether oxygens (including phenoxy) is 2. The third-order valence-corrected chi connectivity index (χ3v) is 3.56. The van der Waals surface area contributed by atoms with Crippen molar-refractivity contribution in [3.63, 3.8) is 0 Å². The second-order valence-electron chi connectivity index (χ2n) is 5.50. The van der Waals surface area contributed by atoms with Gasteiger partial charge in [0, 0.05) is 11.1 Å². The van der Waals surface area contributed by atoms with Gasteiger partial charge in [-0.25, -0.2) is 0 Å². The van der Waals surface area contributed by atoms with Crippen LogP contribution in [0, 0.1) is 0 Å². The molecule has 136 valence electrons. The second-order valence-corrected chi connectivity index (χ2v) is 5.50. The standard InChI is InChI=1S/C20H21NO5/c1-3-25-17-11-9-15(10-12-17)19(23)14(2)26-18(22)13-21-20(24)16-7-5-4-6-8-16/h4-12,14H,3,13H2,1-2H3,(H,21,24)/t14-/m1/s1. The summed E-state index contributed by atoms with van der Waals surface area (Å²) in [4.78, 5) is 36.0. The number of hydrogen-bond acceptors (Lipinski definition) is 5. The second kappa shape index (κ2) is 9.36. The Bertz CT molecular complexity index is 756. The van der Waals surface area contributed by atoms with Crippen LogP contribution in [0.2, 0.25) is 0 Å². The number of carbonyl (C=O) groups is 3. The number of benzene rings is 2. The third kappa shape index (κ3) is 5.44. The van der Waals surface area contributed by atoms with Crippen LogP contribution < -0.4 is 10.1 Å². The van der Waals surface area contributed by atoms with Crippen molar-refractivity contribution in [2.24, 2.45) is 0 Å². The number of carbonyl (C=O) groups excluding carboxylic acids is 3. The van der Waals surface area contributed by atoms with Gasteiger partial charge in [0.05, 0.1) is 6.61 Å². The predicted molar refractivity (Wildman–Crippen MR) is 96.3 cm³/mol. The Morgan fingerprint density at radius 3 is 2.23 bits per heavy atom. The minimum absolute atomic E-state index is 0.311. The molecular weight excluding hydrogens is 334 g/mol. The fraction of sp³-hybridized carbons (Fsp3) is 0.250. The molecule has 0 fully saturated rings. The molecule has 26 heavy (non-hydrogen) atoms. The quantitative estimate of drug-likeness (QED) is 0.581. The molecule has 0 radical (unpaired) electrons. The van der Waals surface area contributed by atoms with Gasteiger partial charge in [0.2, 0.25) is 5.78 Å². The van der Waals surface area contributed by atoms with E-state index in [9.17, 15) is 14.4 Å². The third-order valence-electron chi connectivity index (χ3n) is 3.56. The van der Waals surface area contributed by atoms with Crippen molar-refractivity contribution < 1.29 is 23.9 Å². The minimum atomic E-state index is -0.950. The molecule has 1 atom stereocenters. The number of Topliss-reactive ketones (excluding diaryl/α,β-unsaturated/α-hetero) is 1. The van der Waals surface area contributed by atoms with Gasteiger partial charge in [-0.15, -0.1) is 0 Å². The van der Waals surface area contributed by atoms with Crippen LogP contribution >= 0.6 is 0 Å². The summed E-state index contributed by atoms with van der Waals surface area (Å²) < 4.78 is 10.4. The lowest BCUT2D eigenvalue weighted by atomic mass is 10.1. The Labute approximate surface area is 152 Å². The lowest BCUT2D eigenvalue weighted by Gasteiger charge is -2.13. The maximum atomic E-state index is 12.3. The first-order valence-corrected chi connectivity index (χ1v) is 8.31.